The predicted octanol–water partition coefficient (Wildman–Crippen LogP) is 2.23. The van der Waals surface area contributed by atoms with E-state index in [2.05, 4.69) is 0 Å². The van der Waals surface area contributed by atoms with Crippen LogP contribution in [0.4, 0.5) is 0 Å². The van der Waals surface area contributed by atoms with Gasteiger partial charge in [-0.2, -0.15) is 0 Å². The smallest absolute Gasteiger partial charge is 0.307 e. The van der Waals surface area contributed by atoms with Crippen molar-refractivity contribution in [3.63, 3.8) is 0 Å². The minimum absolute atomic E-state index is 0. The maximum absolute atomic E-state index is 13.1. The van der Waals surface area contributed by atoms with Gasteiger partial charge < -0.3 is 9.53 Å². The van der Waals surface area contributed by atoms with Gasteiger partial charge in [-0.15, -0.1) is 0 Å². The molecule has 171 valence electrons. The van der Waals surface area contributed by atoms with Crippen LogP contribution in [0.1, 0.15) is 53.4 Å². The van der Waals surface area contributed by atoms with E-state index in [0.717, 1.165) is 0 Å². The maximum Gasteiger partial charge on any atom is 0.307 e. The van der Waals surface area contributed by atoms with Crippen molar-refractivity contribution in [1.82, 2.24) is 0 Å². The van der Waals surface area contributed by atoms with Gasteiger partial charge in [0.2, 0.25) is 0 Å². The summed E-state index contributed by atoms with van der Waals surface area (Å²) in [4.78, 5) is 49.0. The Kier molecular flexibility index (Phi) is 79.1. The molecule has 13 radical (unpaired) electrons. The third-order valence-corrected chi connectivity index (χ3v) is 7.03. The molecule has 3 aliphatic rings. The Bertz CT molecular complexity index is 645. The molecule has 2 saturated carbocycles. The van der Waals surface area contributed by atoms with Crippen molar-refractivity contribution < 1.29 is 449 Å². The van der Waals surface area contributed by atoms with Crippen molar-refractivity contribution in [3.8, 4) is 0 Å². The zero-order valence-electron chi connectivity index (χ0n) is 22.3. The molecule has 1 aliphatic heterocycles. The van der Waals surface area contributed by atoms with Gasteiger partial charge in [0, 0.05) is 449 Å². The molecule has 5 nitrogen and oxygen atoms in total. The minimum Gasteiger partial charge on any atom is -0.538 e. The van der Waals surface area contributed by atoms with Gasteiger partial charge in [-0.1, -0.05) is 20.8 Å². The van der Waals surface area contributed by atoms with Gasteiger partial charge in [0.05, 0.1) is 5.92 Å². The summed E-state index contributed by atoms with van der Waals surface area (Å²) < 4.78 is 5.18. The van der Waals surface area contributed by atoms with Crippen molar-refractivity contribution in [2.24, 2.45) is 34.5 Å². The molecule has 0 spiro atoms. The summed E-state index contributed by atoms with van der Waals surface area (Å²) in [6, 6.07) is 0. The minimum atomic E-state index is -0.915. The van der Waals surface area contributed by atoms with E-state index in [1.165, 1.54) is 0 Å². The number of hydrogen-bond donors (Lipinski definition) is 0. The second kappa shape index (κ2) is 37.2. The van der Waals surface area contributed by atoms with Gasteiger partial charge >= 0.3 is 5.97 Å². The van der Waals surface area contributed by atoms with Crippen LogP contribution in [-0.4, -0.2) is 29.9 Å². The Morgan fingerprint density at radius 3 is 1.65 bits per heavy atom. The van der Waals surface area contributed by atoms with Crippen molar-refractivity contribution in [1.29, 1.82) is 0 Å². The first-order valence-corrected chi connectivity index (χ1v) is 8.77. The summed E-state index contributed by atoms with van der Waals surface area (Å²) in [6.45, 7) is 7.42. The van der Waals surface area contributed by atoms with Crippen molar-refractivity contribution in [2.45, 2.75) is 59.5 Å². The summed E-state index contributed by atoms with van der Waals surface area (Å²) in [6.07, 6.45) is 3.02. The van der Waals surface area contributed by atoms with Crippen LogP contribution in [0.15, 0.2) is 0 Å². The fourth-order valence-corrected chi connectivity index (χ4v) is 5.94. The normalized spacial score (nSPS) is 31.2. The van der Waals surface area contributed by atoms with Crippen molar-refractivity contribution in [3.05, 3.63) is 0 Å². The summed E-state index contributed by atoms with van der Waals surface area (Å²) in [5.41, 5.74) is -1.10. The standard InChI is InChI=1S/C19H25O5.13Y/c1-10-7-14(11(2)21)18(3)6-5-13-17(23)24-12(9-20)8-19(13,4)16(18)15(10)22;;;;;;;;;;;;;/h10,12-14,16H,5-8H2,1-4H3;;;;;;;;;;;;;/q-1;;;;;;;;;;;;;/t10-,12+,13-,14-,16-,18-,19-;;;;;;;;;;;;;/m0............./s1. The molecule has 0 amide bonds. The fourth-order valence-electron chi connectivity index (χ4n) is 5.94. The Balaban J connectivity index is -0.0000000578. The van der Waals surface area contributed by atoms with E-state index in [1.807, 2.05) is 20.8 Å². The van der Waals surface area contributed by atoms with Crippen LogP contribution in [-0.2, 0) is 449 Å². The average molecular weight is 1490 g/mol. The maximum atomic E-state index is 13.1. The van der Waals surface area contributed by atoms with E-state index < -0.39 is 28.8 Å². The summed E-state index contributed by atoms with van der Waals surface area (Å²) in [5, 5.41) is 0. The molecule has 0 unspecified atom stereocenters. The number of ketones is 2. The first kappa shape index (κ1) is 78.8. The number of esters is 1. The van der Waals surface area contributed by atoms with Crippen LogP contribution in [0, 0.1) is 34.5 Å². The molecular formula is C19H25O5Y13-. The molecule has 7 atom stereocenters. The molecule has 0 bridgehead atoms. The molecule has 3 rings (SSSR count). The van der Waals surface area contributed by atoms with Crippen molar-refractivity contribution in [2.75, 3.05) is 0 Å². The molecule has 0 aromatic heterocycles. The van der Waals surface area contributed by atoms with Gasteiger partial charge in [-0.3, -0.25) is 14.4 Å². The fraction of sp³-hybridized carbons (Fsp3) is 0.789. The number of ether oxygens (including phenoxy) is 1. The number of carbonyl (C=O) groups is 3. The van der Waals surface area contributed by atoms with E-state index in [4.69, 9.17) is 4.74 Å². The number of fused-ring (bicyclic) bond motifs is 3. The zero-order chi connectivity index (χ0) is 17.9. The number of cyclic esters (lactones) is 1. The molecule has 0 aromatic carbocycles. The third kappa shape index (κ3) is 19.6. The van der Waals surface area contributed by atoms with Gasteiger partial charge in [0.15, 0.2) is 0 Å². The first-order chi connectivity index (χ1) is 11.1. The summed E-state index contributed by atoms with van der Waals surface area (Å²) in [7, 11) is 0. The molecular weight excluding hydrogens is 1460 g/mol. The van der Waals surface area contributed by atoms with E-state index in [0.29, 0.717) is 25.7 Å². The third-order valence-electron chi connectivity index (χ3n) is 7.03. The molecule has 3 fully saturated rings. The van der Waals surface area contributed by atoms with Crippen LogP contribution in [0.2, 0.25) is 0 Å². The summed E-state index contributed by atoms with van der Waals surface area (Å²) >= 11 is 0. The van der Waals surface area contributed by atoms with E-state index in [1.54, 1.807) is 13.2 Å². The van der Waals surface area contributed by atoms with Gasteiger partial charge in [0.25, 0.3) is 0 Å². The van der Waals surface area contributed by atoms with Crippen LogP contribution < -0.4 is 0 Å². The summed E-state index contributed by atoms with van der Waals surface area (Å²) in [5.74, 6) is -1.33. The van der Waals surface area contributed by atoms with Crippen LogP contribution in [0.5, 0.6) is 0 Å². The molecule has 18 heteroatoms. The Labute approximate surface area is 550 Å². The topological polar surface area (TPSA) is 77.5 Å². The molecule has 1 heterocycles. The number of rotatable bonds is 2. The van der Waals surface area contributed by atoms with Gasteiger partial charge in [0.1, 0.15) is 11.6 Å². The SMILES string of the molecule is CC(=O)[C@@H]1C[C@H](C)C(=O)[C@H]2[C@@]1(C)CC[C@H]1C(=O)O[C@@H]([C-]=O)C[C@]21C.[Y].[Y].[Y].[Y].[Y].[Y].[Y].[Y].[Y].[Y].[Y].[Y].[Y]. The van der Waals surface area contributed by atoms with Crippen LogP contribution in [0.3, 0.4) is 0 Å². The molecule has 1 saturated heterocycles. The van der Waals surface area contributed by atoms with Gasteiger partial charge in [-0.05, 0) is 43.4 Å². The zero-order valence-corrected chi connectivity index (χ0v) is 59.2. The predicted molar refractivity (Wildman–Crippen MR) is 85.6 cm³/mol. The molecule has 0 aromatic rings. The molecule has 2 aliphatic carbocycles. The monoisotopic (exact) mass is 1490 g/mol. The Morgan fingerprint density at radius 2 is 1.27 bits per heavy atom. The largest absolute Gasteiger partial charge is 0.538 e. The van der Waals surface area contributed by atoms with Crippen LogP contribution in [0.25, 0.3) is 0 Å². The second-order valence-corrected chi connectivity index (χ2v) is 8.49. The molecule has 0 N–H and O–H groups in total. The second-order valence-electron chi connectivity index (χ2n) is 8.49. The average Bonchev–Trinajstić information content (AvgIpc) is 2.49. The number of hydrogen-bond acceptors (Lipinski definition) is 5. The molecule has 37 heavy (non-hydrogen) atoms. The van der Waals surface area contributed by atoms with E-state index in [9.17, 15) is 19.2 Å². The quantitative estimate of drug-likeness (QED) is 0.314. The Hall–Kier alpha value is 12.8. The number of carbonyl (C=O) groups excluding carboxylic acids is 4. The van der Waals surface area contributed by atoms with Gasteiger partial charge in [-0.25, -0.2) is 6.29 Å². The van der Waals surface area contributed by atoms with E-state index in [-0.39, 0.29) is 455 Å². The Morgan fingerprint density at radius 1 is 0.838 bits per heavy atom. The van der Waals surface area contributed by atoms with Crippen LogP contribution >= 0.6 is 0 Å². The number of Topliss-reactive ketones (excluding diaryl/α,β-unsaturated/α-hetero) is 2. The van der Waals surface area contributed by atoms with Crippen molar-refractivity contribution >= 4 is 23.8 Å². The van der Waals surface area contributed by atoms with E-state index >= 15 is 0 Å². The first-order valence-electron chi connectivity index (χ1n) is 8.77.